The summed E-state index contributed by atoms with van der Waals surface area (Å²) in [6.45, 7) is 1.14. The minimum Gasteiger partial charge on any atom is -0.389 e. The van der Waals surface area contributed by atoms with E-state index < -0.39 is 0 Å². The minimum absolute atomic E-state index is 0.499. The highest BCUT2D eigenvalue weighted by atomic mass is 79.9. The number of nitrogens with two attached hydrogens (primary N) is 1. The lowest BCUT2D eigenvalue weighted by Crippen LogP contribution is -2.47. The lowest BCUT2D eigenvalue weighted by molar-refractivity contribution is 0.244. The number of thiocarbonyl (C=S) groups is 1. The second kappa shape index (κ2) is 6.02. The zero-order valence-corrected chi connectivity index (χ0v) is 14.0. The summed E-state index contributed by atoms with van der Waals surface area (Å²) >= 11 is 8.78. The second-order valence-electron chi connectivity index (χ2n) is 5.97. The molecule has 0 aromatic heterocycles. The van der Waals surface area contributed by atoms with Gasteiger partial charge in [-0.3, -0.25) is 0 Å². The molecule has 1 aliphatic carbocycles. The van der Waals surface area contributed by atoms with Crippen molar-refractivity contribution in [2.75, 3.05) is 11.4 Å². The Bertz CT molecular complexity index is 515. The van der Waals surface area contributed by atoms with Crippen molar-refractivity contribution in [3.63, 3.8) is 0 Å². The Morgan fingerprint density at radius 1 is 1.20 bits per heavy atom. The first-order chi connectivity index (χ1) is 9.66. The third kappa shape index (κ3) is 2.73. The van der Waals surface area contributed by atoms with Crippen molar-refractivity contribution >= 4 is 38.8 Å². The smallest absolute Gasteiger partial charge is 0.106 e. The predicted molar refractivity (Wildman–Crippen MR) is 92.4 cm³/mol. The van der Waals surface area contributed by atoms with Crippen LogP contribution in [0.15, 0.2) is 22.7 Å². The molecule has 2 aliphatic rings. The molecule has 2 atom stereocenters. The van der Waals surface area contributed by atoms with Crippen molar-refractivity contribution in [3.8, 4) is 0 Å². The molecule has 20 heavy (non-hydrogen) atoms. The van der Waals surface area contributed by atoms with E-state index in [-0.39, 0.29) is 0 Å². The van der Waals surface area contributed by atoms with Gasteiger partial charge in [-0.1, -0.05) is 41.0 Å². The van der Waals surface area contributed by atoms with Crippen LogP contribution in [0, 0.1) is 5.92 Å². The first kappa shape index (κ1) is 14.3. The Hall–Kier alpha value is -0.610. The van der Waals surface area contributed by atoms with E-state index in [2.05, 4.69) is 39.0 Å². The molecule has 108 valence electrons. The molecule has 1 saturated heterocycles. The topological polar surface area (TPSA) is 29.3 Å². The van der Waals surface area contributed by atoms with E-state index >= 15 is 0 Å². The van der Waals surface area contributed by atoms with Crippen LogP contribution in [0.3, 0.4) is 0 Å². The number of fused-ring (bicyclic) bond motifs is 1. The van der Waals surface area contributed by atoms with Crippen LogP contribution in [-0.2, 0) is 0 Å². The third-order valence-corrected chi connectivity index (χ3v) is 5.49. The van der Waals surface area contributed by atoms with Crippen LogP contribution in [0.2, 0.25) is 0 Å². The van der Waals surface area contributed by atoms with Crippen LogP contribution in [0.25, 0.3) is 0 Å². The van der Waals surface area contributed by atoms with Crippen LogP contribution in [0.1, 0.15) is 44.1 Å². The largest absolute Gasteiger partial charge is 0.389 e. The minimum atomic E-state index is 0.499. The van der Waals surface area contributed by atoms with E-state index in [0.717, 1.165) is 22.5 Å². The molecule has 4 heteroatoms. The van der Waals surface area contributed by atoms with E-state index in [1.165, 1.54) is 44.2 Å². The summed E-state index contributed by atoms with van der Waals surface area (Å²) in [5.41, 5.74) is 8.19. The van der Waals surface area contributed by atoms with Gasteiger partial charge in [0.15, 0.2) is 0 Å². The van der Waals surface area contributed by atoms with Crippen LogP contribution in [-0.4, -0.2) is 17.6 Å². The van der Waals surface area contributed by atoms with Crippen molar-refractivity contribution in [1.29, 1.82) is 0 Å². The number of piperidine rings is 1. The second-order valence-corrected chi connectivity index (χ2v) is 7.33. The highest BCUT2D eigenvalue weighted by molar-refractivity contribution is 9.10. The number of hydrogen-bond acceptors (Lipinski definition) is 2. The SMILES string of the molecule is NC(=S)c1cc(Br)ccc1N1CCCC2CCCCC21. The summed E-state index contributed by atoms with van der Waals surface area (Å²) in [5.74, 6) is 0.861. The molecule has 0 amide bonds. The first-order valence-corrected chi connectivity index (χ1v) is 8.73. The first-order valence-electron chi connectivity index (χ1n) is 7.53. The highest BCUT2D eigenvalue weighted by Crippen LogP contribution is 2.39. The zero-order chi connectivity index (χ0) is 14.1. The van der Waals surface area contributed by atoms with Crippen LogP contribution in [0.4, 0.5) is 5.69 Å². The van der Waals surface area contributed by atoms with Crippen molar-refractivity contribution in [2.24, 2.45) is 11.7 Å². The van der Waals surface area contributed by atoms with E-state index in [9.17, 15) is 0 Å². The molecule has 2 nitrogen and oxygen atoms in total. The maximum atomic E-state index is 5.94. The molecule has 0 radical (unpaired) electrons. The van der Waals surface area contributed by atoms with Gasteiger partial charge >= 0.3 is 0 Å². The van der Waals surface area contributed by atoms with Crippen LogP contribution < -0.4 is 10.6 Å². The fourth-order valence-electron chi connectivity index (χ4n) is 3.88. The van der Waals surface area contributed by atoms with Gasteiger partial charge in [-0.15, -0.1) is 0 Å². The van der Waals surface area contributed by atoms with E-state index in [1.54, 1.807) is 0 Å². The summed E-state index contributed by atoms with van der Waals surface area (Å²) in [6.07, 6.45) is 8.14. The van der Waals surface area contributed by atoms with Gasteiger partial charge in [-0.05, 0) is 49.8 Å². The fourth-order valence-corrected chi connectivity index (χ4v) is 4.40. The average molecular weight is 353 g/mol. The quantitative estimate of drug-likeness (QED) is 0.807. The molecular formula is C16H21BrN2S. The average Bonchev–Trinajstić information content (AvgIpc) is 2.46. The van der Waals surface area contributed by atoms with Gasteiger partial charge in [0.2, 0.25) is 0 Å². The van der Waals surface area contributed by atoms with Crippen molar-refractivity contribution in [3.05, 3.63) is 28.2 Å². The lowest BCUT2D eigenvalue weighted by atomic mass is 9.78. The molecule has 0 bridgehead atoms. The molecule has 1 saturated carbocycles. The van der Waals surface area contributed by atoms with Gasteiger partial charge < -0.3 is 10.6 Å². The van der Waals surface area contributed by atoms with Gasteiger partial charge in [-0.25, -0.2) is 0 Å². The van der Waals surface area contributed by atoms with Gasteiger partial charge in [0.25, 0.3) is 0 Å². The van der Waals surface area contributed by atoms with Gasteiger partial charge in [0, 0.05) is 28.3 Å². The molecule has 1 aromatic rings. The van der Waals surface area contributed by atoms with Crippen LogP contribution >= 0.6 is 28.1 Å². The monoisotopic (exact) mass is 352 g/mol. The Balaban J connectivity index is 1.96. The summed E-state index contributed by atoms with van der Waals surface area (Å²) in [5, 5.41) is 0. The lowest BCUT2D eigenvalue weighted by Gasteiger charge is -2.46. The molecule has 2 fully saturated rings. The normalized spacial score (nSPS) is 26.1. The fraction of sp³-hybridized carbons (Fsp3) is 0.562. The van der Waals surface area contributed by atoms with Crippen molar-refractivity contribution < 1.29 is 0 Å². The standard InChI is InChI=1S/C16H21BrN2S/c17-12-7-8-15(13(10-12)16(18)20)19-9-3-5-11-4-1-2-6-14(11)19/h7-8,10-11,14H,1-6,9H2,(H2,18,20). The maximum absolute atomic E-state index is 5.94. The van der Waals surface area contributed by atoms with Crippen LogP contribution in [0.5, 0.6) is 0 Å². The van der Waals surface area contributed by atoms with Crippen molar-refractivity contribution in [2.45, 2.75) is 44.6 Å². The van der Waals surface area contributed by atoms with E-state index in [1.807, 2.05) is 0 Å². The Labute approximate surface area is 134 Å². The molecule has 2 N–H and O–H groups in total. The number of rotatable bonds is 2. The summed E-state index contributed by atoms with van der Waals surface area (Å²) in [6, 6.07) is 7.02. The molecule has 3 rings (SSSR count). The molecule has 1 heterocycles. The zero-order valence-electron chi connectivity index (χ0n) is 11.6. The van der Waals surface area contributed by atoms with Gasteiger partial charge in [0.05, 0.1) is 0 Å². The van der Waals surface area contributed by atoms with Gasteiger partial charge in [-0.2, -0.15) is 0 Å². The third-order valence-electron chi connectivity index (χ3n) is 4.78. The molecule has 1 aromatic carbocycles. The number of halogens is 1. The highest BCUT2D eigenvalue weighted by Gasteiger charge is 2.34. The Morgan fingerprint density at radius 2 is 1.95 bits per heavy atom. The molecule has 2 unspecified atom stereocenters. The summed E-state index contributed by atoms with van der Waals surface area (Å²) < 4.78 is 1.04. The molecular weight excluding hydrogens is 332 g/mol. The molecule has 1 aliphatic heterocycles. The maximum Gasteiger partial charge on any atom is 0.106 e. The Kier molecular flexibility index (Phi) is 4.32. The summed E-state index contributed by atoms with van der Waals surface area (Å²) in [4.78, 5) is 3.08. The summed E-state index contributed by atoms with van der Waals surface area (Å²) in [7, 11) is 0. The van der Waals surface area contributed by atoms with E-state index in [4.69, 9.17) is 18.0 Å². The number of nitrogens with zero attached hydrogens (tertiary/aromatic N) is 1. The van der Waals surface area contributed by atoms with Gasteiger partial charge in [0.1, 0.15) is 4.99 Å². The number of benzene rings is 1. The van der Waals surface area contributed by atoms with Crippen molar-refractivity contribution in [1.82, 2.24) is 0 Å². The number of hydrogen-bond donors (Lipinski definition) is 1. The number of anilines is 1. The molecule has 0 spiro atoms. The predicted octanol–water partition coefficient (Wildman–Crippen LogP) is 4.24. The Morgan fingerprint density at radius 3 is 2.75 bits per heavy atom. The van der Waals surface area contributed by atoms with E-state index in [0.29, 0.717) is 11.0 Å².